The molecule has 1 aliphatic carbocycles. The van der Waals surface area contributed by atoms with E-state index in [9.17, 15) is 0 Å². The summed E-state index contributed by atoms with van der Waals surface area (Å²) >= 11 is 0. The molecule has 106 valence electrons. The SMILES string of the molecule is CNc1nc(C2CC2)nc(N(C)Cc2ccco2)c1C. The van der Waals surface area contributed by atoms with Crippen molar-refractivity contribution in [3.05, 3.63) is 35.5 Å². The van der Waals surface area contributed by atoms with Gasteiger partial charge in [0.05, 0.1) is 12.8 Å². The molecule has 5 nitrogen and oxygen atoms in total. The Labute approximate surface area is 119 Å². The second-order valence-corrected chi connectivity index (χ2v) is 5.34. The molecule has 0 radical (unpaired) electrons. The third-order valence-electron chi connectivity index (χ3n) is 3.65. The molecule has 2 heterocycles. The van der Waals surface area contributed by atoms with E-state index in [0.717, 1.165) is 28.8 Å². The zero-order valence-corrected chi connectivity index (χ0v) is 12.2. The van der Waals surface area contributed by atoms with Gasteiger partial charge in [-0.05, 0) is 31.9 Å². The van der Waals surface area contributed by atoms with Gasteiger partial charge >= 0.3 is 0 Å². The Morgan fingerprint density at radius 1 is 1.40 bits per heavy atom. The van der Waals surface area contributed by atoms with Gasteiger partial charge in [-0.2, -0.15) is 0 Å². The maximum Gasteiger partial charge on any atom is 0.137 e. The zero-order chi connectivity index (χ0) is 14.1. The van der Waals surface area contributed by atoms with Crippen LogP contribution < -0.4 is 10.2 Å². The molecular formula is C15H20N4O. The van der Waals surface area contributed by atoms with Crippen molar-refractivity contribution in [3.63, 3.8) is 0 Å². The monoisotopic (exact) mass is 272 g/mol. The van der Waals surface area contributed by atoms with Crippen LogP contribution in [0.2, 0.25) is 0 Å². The quantitative estimate of drug-likeness (QED) is 0.907. The van der Waals surface area contributed by atoms with Gasteiger partial charge in [-0.25, -0.2) is 9.97 Å². The molecule has 2 aromatic heterocycles. The van der Waals surface area contributed by atoms with Crippen LogP contribution in [-0.4, -0.2) is 24.1 Å². The molecule has 1 saturated carbocycles. The van der Waals surface area contributed by atoms with Crippen molar-refractivity contribution in [2.75, 3.05) is 24.3 Å². The molecule has 0 aromatic carbocycles. The molecule has 20 heavy (non-hydrogen) atoms. The molecule has 0 amide bonds. The third-order valence-corrected chi connectivity index (χ3v) is 3.65. The maximum absolute atomic E-state index is 5.41. The standard InChI is InChI=1S/C15H20N4O/c1-10-13(16-2)17-14(11-6-7-11)18-15(10)19(3)9-12-5-4-8-20-12/h4-5,8,11H,6-7,9H2,1-3H3,(H,16,17,18). The first kappa shape index (κ1) is 13.0. The predicted molar refractivity (Wildman–Crippen MR) is 79.1 cm³/mol. The van der Waals surface area contributed by atoms with Crippen LogP contribution in [0, 0.1) is 6.92 Å². The highest BCUT2D eigenvalue weighted by molar-refractivity contribution is 5.58. The summed E-state index contributed by atoms with van der Waals surface area (Å²) in [4.78, 5) is 11.5. The van der Waals surface area contributed by atoms with Crippen LogP contribution in [0.4, 0.5) is 11.6 Å². The molecule has 0 bridgehead atoms. The first-order valence-corrected chi connectivity index (χ1v) is 6.99. The number of hydrogen-bond acceptors (Lipinski definition) is 5. The smallest absolute Gasteiger partial charge is 0.137 e. The topological polar surface area (TPSA) is 54.2 Å². The largest absolute Gasteiger partial charge is 0.467 e. The highest BCUT2D eigenvalue weighted by Crippen LogP contribution is 2.40. The summed E-state index contributed by atoms with van der Waals surface area (Å²) in [5, 5.41) is 3.17. The summed E-state index contributed by atoms with van der Waals surface area (Å²) in [6, 6.07) is 3.89. The van der Waals surface area contributed by atoms with Crippen molar-refractivity contribution in [1.29, 1.82) is 0 Å². The van der Waals surface area contributed by atoms with Gasteiger partial charge in [0, 0.05) is 25.6 Å². The normalized spacial score (nSPS) is 14.3. The van der Waals surface area contributed by atoms with Gasteiger partial charge in [-0.3, -0.25) is 0 Å². The molecule has 0 atom stereocenters. The van der Waals surface area contributed by atoms with E-state index in [-0.39, 0.29) is 0 Å². The van der Waals surface area contributed by atoms with E-state index in [4.69, 9.17) is 9.40 Å². The van der Waals surface area contributed by atoms with E-state index in [1.807, 2.05) is 26.2 Å². The minimum absolute atomic E-state index is 0.540. The summed E-state index contributed by atoms with van der Waals surface area (Å²) < 4.78 is 5.41. The molecule has 0 spiro atoms. The van der Waals surface area contributed by atoms with Gasteiger partial charge in [0.2, 0.25) is 0 Å². The molecule has 0 aliphatic heterocycles. The molecule has 1 aliphatic rings. The average Bonchev–Trinajstić information content (AvgIpc) is 3.17. The summed E-state index contributed by atoms with van der Waals surface area (Å²) in [7, 11) is 3.94. The number of furan rings is 1. The van der Waals surface area contributed by atoms with Crippen LogP contribution in [0.15, 0.2) is 22.8 Å². The van der Waals surface area contributed by atoms with Crippen molar-refractivity contribution in [1.82, 2.24) is 9.97 Å². The van der Waals surface area contributed by atoms with E-state index in [2.05, 4.69) is 22.1 Å². The summed E-state index contributed by atoms with van der Waals surface area (Å²) in [5.74, 6) is 4.33. The minimum Gasteiger partial charge on any atom is -0.467 e. The van der Waals surface area contributed by atoms with E-state index in [1.54, 1.807) is 6.26 Å². The molecular weight excluding hydrogens is 252 g/mol. The van der Waals surface area contributed by atoms with Crippen LogP contribution in [0.25, 0.3) is 0 Å². The van der Waals surface area contributed by atoms with Crippen LogP contribution in [-0.2, 0) is 6.54 Å². The van der Waals surface area contributed by atoms with Crippen LogP contribution in [0.5, 0.6) is 0 Å². The first-order chi connectivity index (χ1) is 9.69. The fourth-order valence-electron chi connectivity index (χ4n) is 2.37. The van der Waals surface area contributed by atoms with Gasteiger partial charge in [0.25, 0.3) is 0 Å². The zero-order valence-electron chi connectivity index (χ0n) is 12.2. The summed E-state index contributed by atoms with van der Waals surface area (Å²) in [6.07, 6.45) is 4.10. The average molecular weight is 272 g/mol. The van der Waals surface area contributed by atoms with E-state index in [1.165, 1.54) is 12.8 Å². The van der Waals surface area contributed by atoms with Gasteiger partial charge in [-0.15, -0.1) is 0 Å². The lowest BCUT2D eigenvalue weighted by molar-refractivity contribution is 0.506. The number of aromatic nitrogens is 2. The fraction of sp³-hybridized carbons (Fsp3) is 0.467. The molecule has 2 aromatic rings. The van der Waals surface area contributed by atoms with E-state index >= 15 is 0 Å². The molecule has 5 heteroatoms. The van der Waals surface area contributed by atoms with Gasteiger partial charge in [-0.1, -0.05) is 0 Å². The molecule has 0 saturated heterocycles. The van der Waals surface area contributed by atoms with E-state index in [0.29, 0.717) is 12.5 Å². The molecule has 0 unspecified atom stereocenters. The summed E-state index contributed by atoms with van der Waals surface area (Å²) in [6.45, 7) is 2.76. The van der Waals surface area contributed by atoms with Crippen molar-refractivity contribution >= 4 is 11.6 Å². The number of rotatable bonds is 5. The Morgan fingerprint density at radius 2 is 2.20 bits per heavy atom. The molecule has 3 rings (SSSR count). The van der Waals surface area contributed by atoms with Gasteiger partial charge in [0.15, 0.2) is 0 Å². The van der Waals surface area contributed by atoms with Crippen LogP contribution in [0.1, 0.15) is 35.9 Å². The first-order valence-electron chi connectivity index (χ1n) is 6.99. The maximum atomic E-state index is 5.41. The van der Waals surface area contributed by atoms with Crippen molar-refractivity contribution in [2.24, 2.45) is 0 Å². The second-order valence-electron chi connectivity index (χ2n) is 5.34. The lowest BCUT2D eigenvalue weighted by atomic mass is 10.2. The highest BCUT2D eigenvalue weighted by atomic mass is 16.3. The Balaban J connectivity index is 1.92. The Bertz CT molecular complexity index is 590. The van der Waals surface area contributed by atoms with Crippen molar-refractivity contribution in [2.45, 2.75) is 32.2 Å². The van der Waals surface area contributed by atoms with Crippen molar-refractivity contribution in [3.8, 4) is 0 Å². The fourth-order valence-corrected chi connectivity index (χ4v) is 2.37. The lowest BCUT2D eigenvalue weighted by Gasteiger charge is -2.21. The number of nitrogens with one attached hydrogen (secondary N) is 1. The minimum atomic E-state index is 0.540. The number of anilines is 2. The Hall–Kier alpha value is -2.04. The number of nitrogens with zero attached hydrogens (tertiary/aromatic N) is 3. The van der Waals surface area contributed by atoms with Gasteiger partial charge in [0.1, 0.15) is 23.2 Å². The van der Waals surface area contributed by atoms with Gasteiger partial charge < -0.3 is 14.6 Å². The third kappa shape index (κ3) is 2.48. The Kier molecular flexibility index (Phi) is 3.34. The van der Waals surface area contributed by atoms with Crippen LogP contribution in [0.3, 0.4) is 0 Å². The van der Waals surface area contributed by atoms with E-state index < -0.39 is 0 Å². The summed E-state index contributed by atoms with van der Waals surface area (Å²) in [5.41, 5.74) is 1.07. The Morgan fingerprint density at radius 3 is 2.80 bits per heavy atom. The predicted octanol–water partition coefficient (Wildman–Crippen LogP) is 2.93. The molecule has 1 fully saturated rings. The van der Waals surface area contributed by atoms with Crippen molar-refractivity contribution < 1.29 is 4.42 Å². The highest BCUT2D eigenvalue weighted by Gasteiger charge is 2.28. The molecule has 1 N–H and O–H groups in total. The lowest BCUT2D eigenvalue weighted by Crippen LogP contribution is -2.20. The van der Waals surface area contributed by atoms with Crippen LogP contribution >= 0.6 is 0 Å². The number of hydrogen-bond donors (Lipinski definition) is 1. The second kappa shape index (κ2) is 5.15.